The Balaban J connectivity index is 2.37. The summed E-state index contributed by atoms with van der Waals surface area (Å²) in [7, 11) is 0. The number of aliphatic imine (C=N–C) groups is 1. The van der Waals surface area contributed by atoms with Gasteiger partial charge in [-0.05, 0) is 18.9 Å². The first-order valence-corrected chi connectivity index (χ1v) is 5.44. The molecule has 0 unspecified atom stereocenters. The number of carbonyl (C=O) groups is 1. The van der Waals surface area contributed by atoms with Crippen molar-refractivity contribution < 1.29 is 9.53 Å². The second kappa shape index (κ2) is 6.77. The Bertz CT molecular complexity index is 355. The number of ether oxygens (including phenoxy) is 1. The summed E-state index contributed by atoms with van der Waals surface area (Å²) in [6.45, 7) is 4.55. The summed E-state index contributed by atoms with van der Waals surface area (Å²) in [5.41, 5.74) is 2.20. The maximum atomic E-state index is 11.1. The van der Waals surface area contributed by atoms with Gasteiger partial charge in [-0.3, -0.25) is 9.79 Å². The smallest absolute Gasteiger partial charge is 0.327 e. The van der Waals surface area contributed by atoms with Gasteiger partial charge in [-0.15, -0.1) is 0 Å². The van der Waals surface area contributed by atoms with E-state index in [1.54, 1.807) is 6.21 Å². The molecular weight excluding hydrogens is 202 g/mol. The van der Waals surface area contributed by atoms with E-state index in [2.05, 4.69) is 4.99 Å². The second-order valence-corrected chi connectivity index (χ2v) is 3.60. The van der Waals surface area contributed by atoms with Gasteiger partial charge in [0.2, 0.25) is 0 Å². The van der Waals surface area contributed by atoms with Crippen molar-refractivity contribution in [1.29, 1.82) is 0 Å². The Morgan fingerprint density at radius 2 is 2.06 bits per heavy atom. The van der Waals surface area contributed by atoms with E-state index < -0.39 is 0 Å². The molecule has 0 radical (unpaired) electrons. The number of hydrogen-bond donors (Lipinski definition) is 0. The van der Waals surface area contributed by atoms with Gasteiger partial charge in [0.15, 0.2) is 0 Å². The van der Waals surface area contributed by atoms with Gasteiger partial charge in [-0.1, -0.05) is 36.8 Å². The maximum Gasteiger partial charge on any atom is 0.327 e. The molecule has 0 saturated carbocycles. The molecule has 0 heterocycles. The molecule has 0 aromatic heterocycles. The molecule has 1 aromatic rings. The zero-order valence-electron chi connectivity index (χ0n) is 9.77. The van der Waals surface area contributed by atoms with Crippen molar-refractivity contribution in [2.75, 3.05) is 13.2 Å². The monoisotopic (exact) mass is 219 g/mol. The predicted molar refractivity (Wildman–Crippen MR) is 64.9 cm³/mol. The van der Waals surface area contributed by atoms with E-state index in [0.717, 1.165) is 12.0 Å². The molecule has 0 bridgehead atoms. The highest BCUT2D eigenvalue weighted by molar-refractivity contribution is 5.82. The highest BCUT2D eigenvalue weighted by Gasteiger charge is 1.98. The van der Waals surface area contributed by atoms with Gasteiger partial charge in [0.1, 0.15) is 6.54 Å². The van der Waals surface area contributed by atoms with Gasteiger partial charge >= 0.3 is 5.97 Å². The summed E-state index contributed by atoms with van der Waals surface area (Å²) in [4.78, 5) is 15.1. The van der Waals surface area contributed by atoms with Crippen molar-refractivity contribution in [3.63, 3.8) is 0 Å². The van der Waals surface area contributed by atoms with Gasteiger partial charge in [-0.25, -0.2) is 0 Å². The first-order valence-electron chi connectivity index (χ1n) is 5.44. The Hall–Kier alpha value is -1.64. The van der Waals surface area contributed by atoms with E-state index in [0.29, 0.717) is 6.61 Å². The molecule has 0 spiro atoms. The summed E-state index contributed by atoms with van der Waals surface area (Å²) in [6, 6.07) is 7.96. The topological polar surface area (TPSA) is 38.7 Å². The largest absolute Gasteiger partial charge is 0.464 e. The van der Waals surface area contributed by atoms with Crippen LogP contribution in [0.5, 0.6) is 0 Å². The first-order chi connectivity index (χ1) is 7.72. The molecule has 0 aliphatic heterocycles. The second-order valence-electron chi connectivity index (χ2n) is 3.60. The minimum Gasteiger partial charge on any atom is -0.464 e. The quantitative estimate of drug-likeness (QED) is 0.563. The van der Waals surface area contributed by atoms with Crippen LogP contribution in [-0.4, -0.2) is 25.3 Å². The van der Waals surface area contributed by atoms with Crippen molar-refractivity contribution in [1.82, 2.24) is 0 Å². The summed E-state index contributed by atoms with van der Waals surface area (Å²) < 4.78 is 4.90. The minimum absolute atomic E-state index is 0.0911. The lowest BCUT2D eigenvalue weighted by molar-refractivity contribution is -0.141. The Kier molecular flexibility index (Phi) is 5.26. The third-order valence-electron chi connectivity index (χ3n) is 2.01. The number of benzene rings is 1. The van der Waals surface area contributed by atoms with Gasteiger partial charge < -0.3 is 4.74 Å². The van der Waals surface area contributed by atoms with Crippen molar-refractivity contribution in [3.05, 3.63) is 35.4 Å². The van der Waals surface area contributed by atoms with Gasteiger partial charge in [0.25, 0.3) is 0 Å². The molecular formula is C13H17NO2. The molecule has 3 nitrogen and oxygen atoms in total. The summed E-state index contributed by atoms with van der Waals surface area (Å²) >= 11 is 0. The maximum absolute atomic E-state index is 11.1. The van der Waals surface area contributed by atoms with E-state index >= 15 is 0 Å². The molecule has 0 amide bonds. The Morgan fingerprint density at radius 3 is 2.69 bits per heavy atom. The zero-order valence-corrected chi connectivity index (χ0v) is 9.77. The molecule has 0 atom stereocenters. The summed E-state index contributed by atoms with van der Waals surface area (Å²) in [5, 5.41) is 0. The number of hydrogen-bond acceptors (Lipinski definition) is 3. The SMILES string of the molecule is CCCOC(=O)CN=Cc1ccc(C)cc1. The lowest BCUT2D eigenvalue weighted by Gasteiger charge is -1.99. The van der Waals surface area contributed by atoms with Crippen molar-refractivity contribution in [2.24, 2.45) is 4.99 Å². The van der Waals surface area contributed by atoms with Crippen molar-refractivity contribution in [2.45, 2.75) is 20.3 Å². The average Bonchev–Trinajstić information content (AvgIpc) is 2.29. The average molecular weight is 219 g/mol. The normalized spacial score (nSPS) is 10.6. The third-order valence-corrected chi connectivity index (χ3v) is 2.01. The molecule has 1 aromatic carbocycles. The zero-order chi connectivity index (χ0) is 11.8. The summed E-state index contributed by atoms with van der Waals surface area (Å²) in [6.07, 6.45) is 2.53. The fourth-order valence-electron chi connectivity index (χ4n) is 1.14. The fourth-order valence-corrected chi connectivity index (χ4v) is 1.14. The van der Waals surface area contributed by atoms with E-state index in [1.807, 2.05) is 38.1 Å². The van der Waals surface area contributed by atoms with E-state index in [-0.39, 0.29) is 12.5 Å². The van der Waals surface area contributed by atoms with Crippen LogP contribution in [0.1, 0.15) is 24.5 Å². The number of rotatable bonds is 5. The van der Waals surface area contributed by atoms with Crippen LogP contribution in [0.25, 0.3) is 0 Å². The highest BCUT2D eigenvalue weighted by Crippen LogP contribution is 2.00. The Morgan fingerprint density at radius 1 is 1.38 bits per heavy atom. The van der Waals surface area contributed by atoms with Crippen LogP contribution in [-0.2, 0) is 9.53 Å². The van der Waals surface area contributed by atoms with Gasteiger partial charge in [0, 0.05) is 6.21 Å². The molecule has 86 valence electrons. The van der Waals surface area contributed by atoms with Crippen LogP contribution in [0, 0.1) is 6.92 Å². The number of aryl methyl sites for hydroxylation is 1. The van der Waals surface area contributed by atoms with Crippen molar-refractivity contribution >= 4 is 12.2 Å². The van der Waals surface area contributed by atoms with Gasteiger partial charge in [0.05, 0.1) is 6.61 Å². The molecule has 3 heteroatoms. The molecule has 0 N–H and O–H groups in total. The fraction of sp³-hybridized carbons (Fsp3) is 0.385. The molecule has 1 rings (SSSR count). The molecule has 0 saturated heterocycles. The predicted octanol–water partition coefficient (Wildman–Crippen LogP) is 2.37. The van der Waals surface area contributed by atoms with Crippen molar-refractivity contribution in [3.8, 4) is 0 Å². The van der Waals surface area contributed by atoms with Crippen LogP contribution in [0.2, 0.25) is 0 Å². The number of carbonyl (C=O) groups excluding carboxylic acids is 1. The van der Waals surface area contributed by atoms with Crippen LogP contribution in [0.15, 0.2) is 29.3 Å². The summed E-state index contributed by atoms with van der Waals surface area (Å²) in [5.74, 6) is -0.273. The van der Waals surface area contributed by atoms with Crippen LogP contribution in [0.3, 0.4) is 0 Å². The third kappa shape index (κ3) is 4.73. The standard InChI is InChI=1S/C13H17NO2/c1-3-8-16-13(15)10-14-9-12-6-4-11(2)5-7-12/h4-7,9H,3,8,10H2,1-2H3. The molecule has 0 aliphatic rings. The van der Waals surface area contributed by atoms with E-state index in [4.69, 9.17) is 4.74 Å². The Labute approximate surface area is 96.2 Å². The lowest BCUT2D eigenvalue weighted by atomic mass is 10.2. The number of esters is 1. The molecule has 0 aliphatic carbocycles. The van der Waals surface area contributed by atoms with Crippen LogP contribution in [0.4, 0.5) is 0 Å². The van der Waals surface area contributed by atoms with E-state index in [1.165, 1.54) is 5.56 Å². The minimum atomic E-state index is -0.273. The molecule has 16 heavy (non-hydrogen) atoms. The van der Waals surface area contributed by atoms with E-state index in [9.17, 15) is 4.79 Å². The first kappa shape index (κ1) is 12.4. The highest BCUT2D eigenvalue weighted by atomic mass is 16.5. The molecule has 0 fully saturated rings. The number of nitrogens with zero attached hydrogens (tertiary/aromatic N) is 1. The lowest BCUT2D eigenvalue weighted by Crippen LogP contribution is -2.08. The van der Waals surface area contributed by atoms with Gasteiger partial charge in [-0.2, -0.15) is 0 Å². The van der Waals surface area contributed by atoms with Crippen LogP contribution >= 0.6 is 0 Å². The van der Waals surface area contributed by atoms with Crippen LogP contribution < -0.4 is 0 Å².